The number of carbonyl (C=O) groups excluding carboxylic acids is 4. The predicted octanol–water partition coefficient (Wildman–Crippen LogP) is -1.09. The molecular weight excluding hydrogens is 774 g/mol. The number of hydrogen-bond acceptors (Lipinski definition) is 15. The molecule has 2 aromatic carbocycles. The maximum atomic E-state index is 13.8. The molecule has 2 aliphatic heterocycles. The molecule has 4 unspecified atom stereocenters. The predicted molar refractivity (Wildman–Crippen MR) is 207 cm³/mol. The topological polar surface area (TPSA) is 251 Å². The van der Waals surface area contributed by atoms with Gasteiger partial charge in [-0.1, -0.05) is 60.7 Å². The summed E-state index contributed by atoms with van der Waals surface area (Å²) in [6.07, 6.45) is -2.65. The number of ketones is 1. The lowest BCUT2D eigenvalue weighted by Gasteiger charge is -2.28. The molecule has 6 atom stereocenters. The van der Waals surface area contributed by atoms with Gasteiger partial charge in [0, 0.05) is 32.6 Å². The maximum Gasteiger partial charge on any atom is 0.329 e. The zero-order chi connectivity index (χ0) is 42.9. The van der Waals surface area contributed by atoms with Gasteiger partial charge >= 0.3 is 29.8 Å². The Morgan fingerprint density at radius 3 is 1.47 bits per heavy atom. The summed E-state index contributed by atoms with van der Waals surface area (Å²) in [5.74, 6) is -5.88. The highest BCUT2D eigenvalue weighted by Crippen LogP contribution is 2.31. The van der Waals surface area contributed by atoms with Crippen molar-refractivity contribution in [2.24, 2.45) is 0 Å². The second kappa shape index (κ2) is 23.3. The van der Waals surface area contributed by atoms with Crippen LogP contribution in [0.3, 0.4) is 0 Å². The molecule has 4 rings (SSSR count). The Morgan fingerprint density at radius 1 is 0.627 bits per heavy atom. The number of nitrogens with one attached hydrogen (secondary N) is 2. The Balaban J connectivity index is 1.37. The standard InChI is InChI=1S/C40H53N5O14/c1-26(46)19-44(22-35(50)51)15-13-43(21-34(48)49)14-16-45(23-36(52)53)20-33(47)42-30(18-28-11-7-4-8-12-28)40(55)59-32-25-57-37-31(24-56-38(32)37)58-39(54)29(41-2)17-27-9-5-3-6-10-27/h3-12,29-32,37-38,41H,13-25H2,1-2H3,(H,42,47)(H,48,49)(H,50,51)(H,52,53)/t29?,30?,31-,32+,37?,38?/m1/s1. The van der Waals surface area contributed by atoms with Gasteiger partial charge in [-0.05, 0) is 31.5 Å². The van der Waals surface area contributed by atoms with Crippen molar-refractivity contribution in [1.82, 2.24) is 25.3 Å². The van der Waals surface area contributed by atoms with Gasteiger partial charge in [0.1, 0.15) is 30.1 Å². The van der Waals surface area contributed by atoms with Gasteiger partial charge in [-0.25, -0.2) is 4.79 Å². The Morgan fingerprint density at radius 2 is 1.03 bits per heavy atom. The first-order valence-corrected chi connectivity index (χ1v) is 19.2. The van der Waals surface area contributed by atoms with Crippen LogP contribution in [0.4, 0.5) is 0 Å². The summed E-state index contributed by atoms with van der Waals surface area (Å²) in [5.41, 5.74) is 1.64. The first-order chi connectivity index (χ1) is 28.2. The summed E-state index contributed by atoms with van der Waals surface area (Å²) in [5, 5.41) is 34.0. The summed E-state index contributed by atoms with van der Waals surface area (Å²) in [7, 11) is 1.66. The monoisotopic (exact) mass is 827 g/mol. The van der Waals surface area contributed by atoms with Crippen LogP contribution in [0.5, 0.6) is 0 Å². The van der Waals surface area contributed by atoms with E-state index < -0.39 is 98.4 Å². The highest BCUT2D eigenvalue weighted by atomic mass is 16.7. The van der Waals surface area contributed by atoms with Gasteiger partial charge in [-0.3, -0.25) is 43.5 Å². The molecule has 0 saturated carbocycles. The van der Waals surface area contributed by atoms with Gasteiger partial charge in [0.05, 0.1) is 45.9 Å². The third kappa shape index (κ3) is 15.8. The van der Waals surface area contributed by atoms with E-state index >= 15 is 0 Å². The minimum absolute atomic E-state index is 0.0172. The first kappa shape index (κ1) is 46.4. The van der Waals surface area contributed by atoms with Crippen LogP contribution >= 0.6 is 0 Å². The van der Waals surface area contributed by atoms with E-state index in [4.69, 9.17) is 18.9 Å². The van der Waals surface area contributed by atoms with Gasteiger partial charge in [0.15, 0.2) is 12.2 Å². The number of likely N-dealkylation sites (N-methyl/N-ethyl adjacent to an activating group) is 1. The lowest BCUT2D eigenvalue weighted by Crippen LogP contribution is -2.50. The third-order valence-corrected chi connectivity index (χ3v) is 9.67. The van der Waals surface area contributed by atoms with Gasteiger partial charge < -0.3 is 44.9 Å². The summed E-state index contributed by atoms with van der Waals surface area (Å²) in [6, 6.07) is 16.5. The number of carbonyl (C=O) groups is 7. The zero-order valence-corrected chi connectivity index (χ0v) is 33.1. The number of amides is 1. The highest BCUT2D eigenvalue weighted by Gasteiger charge is 2.52. The number of carboxylic acids is 3. The average molecular weight is 828 g/mol. The van der Waals surface area contributed by atoms with Crippen LogP contribution in [0.2, 0.25) is 0 Å². The molecule has 0 spiro atoms. The van der Waals surface area contributed by atoms with Crippen molar-refractivity contribution in [2.45, 2.75) is 56.3 Å². The Bertz CT molecular complexity index is 1720. The van der Waals surface area contributed by atoms with Crippen molar-refractivity contribution < 1.29 is 67.8 Å². The van der Waals surface area contributed by atoms with Crippen molar-refractivity contribution >= 4 is 41.5 Å². The van der Waals surface area contributed by atoms with Gasteiger partial charge in [0.2, 0.25) is 5.91 Å². The number of Topliss-reactive ketones (excluding diaryl/α,β-unsaturated/α-hetero) is 1. The molecule has 19 nitrogen and oxygen atoms in total. The van der Waals surface area contributed by atoms with Gasteiger partial charge in [-0.2, -0.15) is 0 Å². The molecule has 322 valence electrons. The van der Waals surface area contributed by atoms with Gasteiger partial charge in [-0.15, -0.1) is 0 Å². The Hall–Kier alpha value is -5.31. The molecule has 0 aliphatic carbocycles. The molecule has 1 amide bonds. The SMILES string of the molecule is CNC(Cc1ccccc1)C(=O)O[C@@H]1COC2C1OC[C@@H]2OC(=O)C(Cc1ccccc1)NC(=O)CN(CCN(CCN(CC(C)=O)CC(=O)O)CC(=O)O)CC(=O)O. The van der Waals surface area contributed by atoms with E-state index in [0.29, 0.717) is 12.0 Å². The number of benzene rings is 2. The van der Waals surface area contributed by atoms with Crippen molar-refractivity contribution in [2.75, 3.05) is 79.2 Å². The number of fused-ring (bicyclic) bond motifs is 1. The summed E-state index contributed by atoms with van der Waals surface area (Å²) < 4.78 is 23.5. The number of aliphatic carboxylic acids is 3. The normalized spacial score (nSPS) is 19.5. The van der Waals surface area contributed by atoms with Crippen LogP contribution in [0.1, 0.15) is 18.1 Å². The Kier molecular flexibility index (Phi) is 18.3. The van der Waals surface area contributed by atoms with Crippen LogP contribution in [0.25, 0.3) is 0 Å². The van der Waals surface area contributed by atoms with E-state index in [9.17, 15) is 48.9 Å². The molecule has 2 aromatic rings. The van der Waals surface area contributed by atoms with E-state index in [0.717, 1.165) is 5.56 Å². The lowest BCUT2D eigenvalue weighted by atomic mass is 10.1. The van der Waals surface area contributed by atoms with Crippen LogP contribution in [0.15, 0.2) is 60.7 Å². The summed E-state index contributed by atoms with van der Waals surface area (Å²) >= 11 is 0. The quantitative estimate of drug-likeness (QED) is 0.0707. The van der Waals surface area contributed by atoms with Crippen LogP contribution in [-0.2, 0) is 65.4 Å². The number of rotatable bonds is 26. The highest BCUT2D eigenvalue weighted by molar-refractivity contribution is 5.86. The Labute approximate surface area is 341 Å². The number of hydrogen-bond donors (Lipinski definition) is 5. The smallest absolute Gasteiger partial charge is 0.329 e. The minimum atomic E-state index is -1.26. The van der Waals surface area contributed by atoms with Crippen molar-refractivity contribution in [3.8, 4) is 0 Å². The van der Waals surface area contributed by atoms with Gasteiger partial charge in [0.25, 0.3) is 0 Å². The maximum absolute atomic E-state index is 13.8. The minimum Gasteiger partial charge on any atom is -0.480 e. The molecular formula is C40H53N5O14. The lowest BCUT2D eigenvalue weighted by molar-refractivity contribution is -0.159. The van der Waals surface area contributed by atoms with Crippen molar-refractivity contribution in [3.63, 3.8) is 0 Å². The molecule has 5 N–H and O–H groups in total. The van der Waals surface area contributed by atoms with Crippen molar-refractivity contribution in [1.29, 1.82) is 0 Å². The molecule has 0 radical (unpaired) electrons. The molecule has 0 aromatic heterocycles. The van der Waals surface area contributed by atoms with E-state index in [1.807, 2.05) is 30.3 Å². The van der Waals surface area contributed by atoms with E-state index in [-0.39, 0.29) is 58.1 Å². The average Bonchev–Trinajstić information content (AvgIpc) is 3.77. The van der Waals surface area contributed by atoms with E-state index in [1.165, 1.54) is 21.6 Å². The fourth-order valence-corrected chi connectivity index (χ4v) is 6.89. The third-order valence-electron chi connectivity index (χ3n) is 9.67. The molecule has 2 saturated heterocycles. The second-order valence-electron chi connectivity index (χ2n) is 14.5. The zero-order valence-electron chi connectivity index (χ0n) is 33.1. The summed E-state index contributed by atoms with van der Waals surface area (Å²) in [4.78, 5) is 90.8. The molecule has 0 bridgehead atoms. The molecule has 2 aliphatic rings. The molecule has 59 heavy (non-hydrogen) atoms. The molecule has 2 fully saturated rings. The van der Waals surface area contributed by atoms with Crippen LogP contribution in [0, 0.1) is 0 Å². The van der Waals surface area contributed by atoms with E-state index in [1.54, 1.807) is 37.4 Å². The molecule has 2 heterocycles. The second-order valence-corrected chi connectivity index (χ2v) is 14.5. The van der Waals surface area contributed by atoms with E-state index in [2.05, 4.69) is 10.6 Å². The molecule has 19 heteroatoms. The number of ether oxygens (including phenoxy) is 4. The largest absolute Gasteiger partial charge is 0.480 e. The fourth-order valence-electron chi connectivity index (χ4n) is 6.89. The van der Waals surface area contributed by atoms with Crippen molar-refractivity contribution in [3.05, 3.63) is 71.8 Å². The summed E-state index contributed by atoms with van der Waals surface area (Å²) in [6.45, 7) is -0.903. The van der Waals surface area contributed by atoms with Crippen LogP contribution in [-0.4, -0.2) is 187 Å². The first-order valence-electron chi connectivity index (χ1n) is 19.2. The van der Waals surface area contributed by atoms with Crippen LogP contribution < -0.4 is 10.6 Å². The number of nitrogens with zero attached hydrogens (tertiary/aromatic N) is 3. The fraction of sp³-hybridized carbons (Fsp3) is 0.525. The number of carboxylic acid groups (broad SMARTS) is 3. The number of esters is 2.